The molecule has 0 saturated carbocycles. The fourth-order valence-electron chi connectivity index (χ4n) is 2.62. The van der Waals surface area contributed by atoms with Crippen molar-refractivity contribution in [3.05, 3.63) is 35.6 Å². The molecule has 0 bridgehead atoms. The number of nitrogen functional groups attached to an aromatic ring is 1. The number of hydrogen-bond acceptors (Lipinski definition) is 7. The number of halogens is 1. The molecule has 1 amide bonds. The topological polar surface area (TPSA) is 107 Å². The standard InChI is InChI=1S/C16H18ClN5O2S/c17-15-11(18)2-1-3-12(15)25-14-7-20-13(6-21-14)22-5-4-10(8-22)9-24-16(19)23/h1-3,6-7,10H,4-5,8-9,18H2,(H2,19,23). The van der Waals surface area contributed by atoms with Gasteiger partial charge in [-0.15, -0.1) is 0 Å². The Bertz CT molecular complexity index is 759. The van der Waals surface area contributed by atoms with E-state index >= 15 is 0 Å². The maximum atomic E-state index is 10.7. The van der Waals surface area contributed by atoms with Crippen LogP contribution in [0.4, 0.5) is 16.3 Å². The second-order valence-corrected chi connectivity index (χ2v) is 7.15. The lowest BCUT2D eigenvalue weighted by Gasteiger charge is -2.17. The first-order chi connectivity index (χ1) is 12.0. The van der Waals surface area contributed by atoms with Crippen molar-refractivity contribution in [2.45, 2.75) is 16.3 Å². The number of aromatic nitrogens is 2. The number of carbonyl (C=O) groups is 1. The van der Waals surface area contributed by atoms with Crippen molar-refractivity contribution in [1.82, 2.24) is 9.97 Å². The summed E-state index contributed by atoms with van der Waals surface area (Å²) in [6, 6.07) is 5.50. The fourth-order valence-corrected chi connectivity index (χ4v) is 3.65. The van der Waals surface area contributed by atoms with Gasteiger partial charge in [0.1, 0.15) is 10.8 Å². The second-order valence-electron chi connectivity index (χ2n) is 5.71. The minimum absolute atomic E-state index is 0.259. The monoisotopic (exact) mass is 379 g/mol. The first-order valence-corrected chi connectivity index (χ1v) is 8.93. The molecule has 1 fully saturated rings. The number of nitrogens with two attached hydrogens (primary N) is 2. The van der Waals surface area contributed by atoms with Crippen LogP contribution in [0.1, 0.15) is 6.42 Å². The maximum absolute atomic E-state index is 10.7. The number of carbonyl (C=O) groups excluding carboxylic acids is 1. The highest BCUT2D eigenvalue weighted by molar-refractivity contribution is 7.99. The van der Waals surface area contributed by atoms with Crippen LogP contribution in [0.2, 0.25) is 5.02 Å². The molecule has 132 valence electrons. The summed E-state index contributed by atoms with van der Waals surface area (Å²) in [6.45, 7) is 1.94. The van der Waals surface area contributed by atoms with Crippen LogP contribution in [0.3, 0.4) is 0 Å². The zero-order valence-electron chi connectivity index (χ0n) is 13.4. The van der Waals surface area contributed by atoms with Crippen LogP contribution >= 0.6 is 23.4 Å². The number of ether oxygens (including phenoxy) is 1. The largest absolute Gasteiger partial charge is 0.449 e. The lowest BCUT2D eigenvalue weighted by Crippen LogP contribution is -2.24. The van der Waals surface area contributed by atoms with E-state index in [1.807, 2.05) is 12.1 Å². The molecule has 0 aliphatic carbocycles. The molecule has 0 spiro atoms. The van der Waals surface area contributed by atoms with Crippen LogP contribution in [0.25, 0.3) is 0 Å². The quantitative estimate of drug-likeness (QED) is 0.769. The van der Waals surface area contributed by atoms with Gasteiger partial charge in [0.25, 0.3) is 0 Å². The summed E-state index contributed by atoms with van der Waals surface area (Å²) in [5.41, 5.74) is 11.3. The van der Waals surface area contributed by atoms with Crippen LogP contribution in [-0.4, -0.2) is 35.8 Å². The third kappa shape index (κ3) is 4.46. The molecule has 1 aromatic heterocycles. The van der Waals surface area contributed by atoms with E-state index in [0.29, 0.717) is 17.3 Å². The highest BCUT2D eigenvalue weighted by atomic mass is 35.5. The molecule has 3 rings (SSSR count). The summed E-state index contributed by atoms with van der Waals surface area (Å²) >= 11 is 7.62. The number of anilines is 2. The number of amides is 1. The third-order valence-corrected chi connectivity index (χ3v) is 5.41. The molecule has 2 aromatic rings. The zero-order chi connectivity index (χ0) is 17.8. The van der Waals surface area contributed by atoms with Crippen LogP contribution in [0.15, 0.2) is 40.5 Å². The molecular weight excluding hydrogens is 362 g/mol. The van der Waals surface area contributed by atoms with E-state index in [1.165, 1.54) is 11.8 Å². The van der Waals surface area contributed by atoms with Crippen molar-refractivity contribution < 1.29 is 9.53 Å². The first-order valence-electron chi connectivity index (χ1n) is 7.74. The van der Waals surface area contributed by atoms with E-state index in [4.69, 9.17) is 27.8 Å². The van der Waals surface area contributed by atoms with Gasteiger partial charge in [-0.3, -0.25) is 0 Å². The maximum Gasteiger partial charge on any atom is 0.404 e. The van der Waals surface area contributed by atoms with Gasteiger partial charge in [-0.1, -0.05) is 29.4 Å². The van der Waals surface area contributed by atoms with E-state index in [9.17, 15) is 4.79 Å². The normalized spacial score (nSPS) is 16.8. The van der Waals surface area contributed by atoms with Gasteiger partial charge in [-0.05, 0) is 18.6 Å². The molecular formula is C16H18ClN5O2S. The summed E-state index contributed by atoms with van der Waals surface area (Å²) in [5, 5.41) is 1.26. The number of benzene rings is 1. The summed E-state index contributed by atoms with van der Waals surface area (Å²) in [5.74, 6) is 1.05. The SMILES string of the molecule is NC(=O)OCC1CCN(c2cnc(Sc3cccc(N)c3Cl)cn2)C1. The highest BCUT2D eigenvalue weighted by Gasteiger charge is 2.24. The van der Waals surface area contributed by atoms with E-state index in [2.05, 4.69) is 14.9 Å². The molecule has 1 aromatic carbocycles. The first kappa shape index (κ1) is 17.6. The lowest BCUT2D eigenvalue weighted by molar-refractivity contribution is 0.140. The Morgan fingerprint density at radius 2 is 2.24 bits per heavy atom. The number of rotatable bonds is 5. The lowest BCUT2D eigenvalue weighted by atomic mass is 10.1. The Morgan fingerprint density at radius 1 is 1.40 bits per heavy atom. The number of primary amides is 1. The molecule has 1 atom stereocenters. The van der Waals surface area contributed by atoms with E-state index < -0.39 is 6.09 Å². The molecule has 25 heavy (non-hydrogen) atoms. The molecule has 4 N–H and O–H groups in total. The molecule has 7 nitrogen and oxygen atoms in total. The Hall–Kier alpha value is -2.19. The van der Waals surface area contributed by atoms with Gasteiger partial charge in [-0.25, -0.2) is 14.8 Å². The molecule has 2 heterocycles. The molecule has 1 saturated heterocycles. The number of nitrogens with zero attached hydrogens (tertiary/aromatic N) is 3. The van der Waals surface area contributed by atoms with E-state index in [1.54, 1.807) is 18.5 Å². The summed E-state index contributed by atoms with van der Waals surface area (Å²) in [4.78, 5) is 22.6. The average molecular weight is 380 g/mol. The van der Waals surface area contributed by atoms with Crippen LogP contribution in [-0.2, 0) is 4.74 Å². The molecule has 0 radical (unpaired) electrons. The Balaban J connectivity index is 1.61. The molecule has 9 heteroatoms. The van der Waals surface area contributed by atoms with Crippen molar-refractivity contribution in [1.29, 1.82) is 0 Å². The predicted octanol–water partition coefficient (Wildman–Crippen LogP) is 2.79. The van der Waals surface area contributed by atoms with Crippen molar-refractivity contribution in [2.75, 3.05) is 30.3 Å². The van der Waals surface area contributed by atoms with Crippen LogP contribution in [0, 0.1) is 5.92 Å². The summed E-state index contributed by atoms with van der Waals surface area (Å²) in [7, 11) is 0. The smallest absolute Gasteiger partial charge is 0.404 e. The van der Waals surface area contributed by atoms with E-state index in [0.717, 1.165) is 35.2 Å². The van der Waals surface area contributed by atoms with Crippen LogP contribution in [0.5, 0.6) is 0 Å². The Morgan fingerprint density at radius 3 is 2.96 bits per heavy atom. The zero-order valence-corrected chi connectivity index (χ0v) is 15.0. The average Bonchev–Trinajstić information content (AvgIpc) is 3.07. The van der Waals surface area contributed by atoms with Crippen molar-refractivity contribution in [3.8, 4) is 0 Å². The van der Waals surface area contributed by atoms with Gasteiger partial charge in [-0.2, -0.15) is 0 Å². The van der Waals surface area contributed by atoms with Gasteiger partial charge in [0, 0.05) is 23.9 Å². The van der Waals surface area contributed by atoms with Gasteiger partial charge in [0.15, 0.2) is 0 Å². The predicted molar refractivity (Wildman–Crippen MR) is 97.9 cm³/mol. The number of hydrogen-bond donors (Lipinski definition) is 2. The van der Waals surface area contributed by atoms with Crippen molar-refractivity contribution in [2.24, 2.45) is 11.7 Å². The van der Waals surface area contributed by atoms with Gasteiger partial charge in [0.05, 0.1) is 29.7 Å². The minimum Gasteiger partial charge on any atom is -0.449 e. The van der Waals surface area contributed by atoms with Crippen molar-refractivity contribution >= 4 is 41.0 Å². The van der Waals surface area contributed by atoms with Gasteiger partial charge >= 0.3 is 6.09 Å². The molecule has 1 unspecified atom stereocenters. The fraction of sp³-hybridized carbons (Fsp3) is 0.312. The van der Waals surface area contributed by atoms with E-state index in [-0.39, 0.29) is 5.92 Å². The third-order valence-electron chi connectivity index (χ3n) is 3.89. The second kappa shape index (κ2) is 7.79. The molecule has 1 aliphatic heterocycles. The highest BCUT2D eigenvalue weighted by Crippen LogP contribution is 2.35. The van der Waals surface area contributed by atoms with Crippen LogP contribution < -0.4 is 16.4 Å². The van der Waals surface area contributed by atoms with Gasteiger partial charge in [0.2, 0.25) is 0 Å². The van der Waals surface area contributed by atoms with Crippen molar-refractivity contribution in [3.63, 3.8) is 0 Å². The Labute approximate surface area is 154 Å². The minimum atomic E-state index is -0.736. The summed E-state index contributed by atoms with van der Waals surface area (Å²) in [6.07, 6.45) is 3.64. The van der Waals surface area contributed by atoms with Gasteiger partial charge < -0.3 is 21.1 Å². The summed E-state index contributed by atoms with van der Waals surface area (Å²) < 4.78 is 4.87. The Kier molecular flexibility index (Phi) is 5.50. The molecule has 1 aliphatic rings.